The lowest BCUT2D eigenvalue weighted by molar-refractivity contribution is 0.256. The third kappa shape index (κ3) is 4.16. The largest absolute Gasteiger partial charge is 0.481 e. The number of amides is 2. The molecule has 1 aromatic heterocycles. The maximum atomic E-state index is 12.6. The summed E-state index contributed by atoms with van der Waals surface area (Å²) in [5, 5.41) is 2.09. The monoisotopic (exact) mass is 419 g/mol. The number of nitrogens with zero attached hydrogens (tertiary/aromatic N) is 3. The Balaban J connectivity index is 2.29. The number of ether oxygens (including phenoxy) is 2. The number of hydrogen-bond acceptors (Lipinski definition) is 10. The Bertz CT molecular complexity index is 982. The zero-order valence-corrected chi connectivity index (χ0v) is 16.2. The van der Waals surface area contributed by atoms with E-state index in [-0.39, 0.29) is 17.7 Å². The number of rotatable bonds is 6. The van der Waals surface area contributed by atoms with Gasteiger partial charge in [-0.05, 0) is 12.2 Å². The van der Waals surface area contributed by atoms with Crippen molar-refractivity contribution in [1.29, 1.82) is 0 Å². The molecule has 12 nitrogen and oxygen atoms in total. The number of sulfonamides is 1. The first-order chi connectivity index (χ1) is 12.5. The Morgan fingerprint density at radius 1 is 1.15 bits per heavy atom. The summed E-state index contributed by atoms with van der Waals surface area (Å²) in [4.78, 5) is 23.4. The molecule has 1 aromatic rings. The molecule has 14 heteroatoms. The van der Waals surface area contributed by atoms with E-state index in [0.717, 1.165) is 12.3 Å². The van der Waals surface area contributed by atoms with E-state index in [2.05, 4.69) is 20.3 Å². The third-order valence-corrected chi connectivity index (χ3v) is 8.20. The quantitative estimate of drug-likeness (QED) is 0.607. The van der Waals surface area contributed by atoms with Crippen molar-refractivity contribution in [3.8, 4) is 11.8 Å². The topological polar surface area (TPSA) is 166 Å². The van der Waals surface area contributed by atoms with Crippen molar-refractivity contribution in [2.75, 3.05) is 32.3 Å². The number of sulfone groups is 1. The van der Waals surface area contributed by atoms with E-state index in [9.17, 15) is 21.6 Å². The van der Waals surface area contributed by atoms with E-state index in [0.29, 0.717) is 0 Å². The fraction of sp³-hybridized carbons (Fsp3) is 0.385. The van der Waals surface area contributed by atoms with E-state index >= 15 is 0 Å². The fourth-order valence-corrected chi connectivity index (χ4v) is 5.43. The van der Waals surface area contributed by atoms with Crippen LogP contribution in [0.3, 0.4) is 0 Å². The van der Waals surface area contributed by atoms with Crippen molar-refractivity contribution >= 4 is 38.1 Å². The average Bonchev–Trinajstić information content (AvgIpc) is 2.60. The van der Waals surface area contributed by atoms with Crippen LogP contribution in [0.2, 0.25) is 0 Å². The highest BCUT2D eigenvalue weighted by atomic mass is 32.3. The second kappa shape index (κ2) is 7.48. The highest BCUT2D eigenvalue weighted by molar-refractivity contribution is 8.09. The van der Waals surface area contributed by atoms with Gasteiger partial charge in [0.05, 0.1) is 26.8 Å². The summed E-state index contributed by atoms with van der Waals surface area (Å²) < 4.78 is 58.6. The predicted molar refractivity (Wildman–Crippen MR) is 96.3 cm³/mol. The Morgan fingerprint density at radius 2 is 1.74 bits per heavy atom. The number of aliphatic imine (C=N–C) groups is 1. The number of allylic oxidation sites excluding steroid dienone is 1. The molecular formula is C13H17N5O7S2. The number of nitrogens with one attached hydrogen (secondary N) is 2. The average molecular weight is 419 g/mol. The molecule has 2 heterocycles. The Hall–Kier alpha value is -2.74. The van der Waals surface area contributed by atoms with Crippen LogP contribution in [0.4, 0.5) is 10.7 Å². The predicted octanol–water partition coefficient (Wildman–Crippen LogP) is -0.673. The molecule has 0 saturated heterocycles. The van der Waals surface area contributed by atoms with Gasteiger partial charge in [0, 0.05) is 12.5 Å². The van der Waals surface area contributed by atoms with Gasteiger partial charge in [-0.2, -0.15) is 9.97 Å². The first kappa shape index (κ1) is 20.6. The van der Waals surface area contributed by atoms with Gasteiger partial charge in [0.1, 0.15) is 0 Å². The van der Waals surface area contributed by atoms with Crippen molar-refractivity contribution in [2.24, 2.45) is 4.99 Å². The van der Waals surface area contributed by atoms with Gasteiger partial charge in [0.2, 0.25) is 21.8 Å². The van der Waals surface area contributed by atoms with Gasteiger partial charge in [-0.25, -0.2) is 26.4 Å². The van der Waals surface area contributed by atoms with Gasteiger partial charge in [-0.1, -0.05) is 0 Å². The van der Waals surface area contributed by atoms with E-state index in [1.165, 1.54) is 32.6 Å². The van der Waals surface area contributed by atoms with Crippen LogP contribution in [0.1, 0.15) is 0 Å². The minimum Gasteiger partial charge on any atom is -0.481 e. The van der Waals surface area contributed by atoms with Crippen LogP contribution in [0.5, 0.6) is 11.8 Å². The first-order valence-electron chi connectivity index (χ1n) is 7.22. The molecule has 0 aliphatic carbocycles. The van der Waals surface area contributed by atoms with Gasteiger partial charge in [0.15, 0.2) is 9.84 Å². The molecule has 0 saturated carbocycles. The van der Waals surface area contributed by atoms with Gasteiger partial charge in [-0.3, -0.25) is 10.3 Å². The summed E-state index contributed by atoms with van der Waals surface area (Å²) in [5.41, 5.74) is 0. The molecule has 148 valence electrons. The maximum absolute atomic E-state index is 12.6. The molecule has 0 bridgehead atoms. The van der Waals surface area contributed by atoms with Gasteiger partial charge >= 0.3 is 6.03 Å². The SMILES string of the molecule is COc1cc(OC)nc(NC(=O)NS(=O)(=O)C2(S(C)(=O)=O)C=CC=NC2)n1. The van der Waals surface area contributed by atoms with Crippen molar-refractivity contribution in [2.45, 2.75) is 4.08 Å². The van der Waals surface area contributed by atoms with E-state index in [4.69, 9.17) is 9.47 Å². The molecule has 1 unspecified atom stereocenters. The normalized spacial score (nSPS) is 19.4. The minimum absolute atomic E-state index is 0.0529. The number of anilines is 1. The van der Waals surface area contributed by atoms with Crippen LogP contribution in [-0.2, 0) is 19.9 Å². The van der Waals surface area contributed by atoms with Crippen LogP contribution in [-0.4, -0.2) is 70.1 Å². The number of aromatic nitrogens is 2. The Kier molecular flexibility index (Phi) is 5.70. The lowest BCUT2D eigenvalue weighted by Gasteiger charge is -2.28. The van der Waals surface area contributed by atoms with Gasteiger partial charge in [-0.15, -0.1) is 0 Å². The Morgan fingerprint density at radius 3 is 2.19 bits per heavy atom. The van der Waals surface area contributed by atoms with Crippen LogP contribution in [0.15, 0.2) is 23.2 Å². The van der Waals surface area contributed by atoms with Crippen LogP contribution in [0.25, 0.3) is 0 Å². The summed E-state index contributed by atoms with van der Waals surface area (Å²) in [5.74, 6) is -0.209. The number of methoxy groups -OCH3 is 2. The second-order valence-electron chi connectivity index (χ2n) is 5.27. The molecule has 1 atom stereocenters. The molecule has 0 spiro atoms. The molecule has 1 aliphatic heterocycles. The molecule has 2 rings (SSSR count). The fourth-order valence-electron chi connectivity index (χ4n) is 2.10. The number of urea groups is 1. The molecule has 0 fully saturated rings. The van der Waals surface area contributed by atoms with E-state index < -0.39 is 36.5 Å². The number of carbonyl (C=O) groups excluding carboxylic acids is 1. The lowest BCUT2D eigenvalue weighted by Crippen LogP contribution is -2.55. The van der Waals surface area contributed by atoms with Gasteiger partial charge in [0.25, 0.3) is 10.0 Å². The molecule has 1 aliphatic rings. The van der Waals surface area contributed by atoms with E-state index in [1.54, 1.807) is 4.72 Å². The van der Waals surface area contributed by atoms with Crippen LogP contribution < -0.4 is 19.5 Å². The minimum atomic E-state index is -4.72. The standard InChI is InChI=1S/C13H17N5O7S2/c1-24-9-7-10(25-2)16-11(15-9)17-12(19)18-27(22,23)13(26(3,20)21)5-4-6-14-8-13/h4-7H,8H2,1-3H3,(H2,15,16,17,18,19). The molecule has 27 heavy (non-hydrogen) atoms. The summed E-state index contributed by atoms with van der Waals surface area (Å²) >= 11 is 0. The van der Waals surface area contributed by atoms with Crippen molar-refractivity contribution < 1.29 is 31.1 Å². The van der Waals surface area contributed by atoms with Crippen molar-refractivity contribution in [3.63, 3.8) is 0 Å². The van der Waals surface area contributed by atoms with E-state index in [1.807, 2.05) is 0 Å². The summed E-state index contributed by atoms with van der Waals surface area (Å²) in [7, 11) is -6.27. The summed E-state index contributed by atoms with van der Waals surface area (Å²) in [6, 6.07) is 0.0693. The highest BCUT2D eigenvalue weighted by Gasteiger charge is 2.52. The maximum Gasteiger partial charge on any atom is 0.335 e. The Labute approximate surface area is 155 Å². The summed E-state index contributed by atoms with van der Waals surface area (Å²) in [6.07, 6.45) is 4.13. The zero-order chi connectivity index (χ0) is 20.3. The zero-order valence-electron chi connectivity index (χ0n) is 14.5. The van der Waals surface area contributed by atoms with Gasteiger partial charge < -0.3 is 9.47 Å². The second-order valence-corrected chi connectivity index (χ2v) is 9.74. The molecular weight excluding hydrogens is 402 g/mol. The molecule has 2 N–H and O–H groups in total. The lowest BCUT2D eigenvalue weighted by atomic mass is 10.3. The summed E-state index contributed by atoms with van der Waals surface area (Å²) in [6.45, 7) is -0.589. The number of carbonyl (C=O) groups is 1. The van der Waals surface area contributed by atoms with Crippen molar-refractivity contribution in [1.82, 2.24) is 14.7 Å². The van der Waals surface area contributed by atoms with Crippen LogP contribution >= 0.6 is 0 Å². The first-order valence-corrected chi connectivity index (χ1v) is 10.6. The number of dihydropyridines is 1. The molecule has 0 radical (unpaired) electrons. The molecule has 0 aromatic carbocycles. The third-order valence-electron chi connectivity index (χ3n) is 3.49. The highest BCUT2D eigenvalue weighted by Crippen LogP contribution is 2.28. The van der Waals surface area contributed by atoms with Crippen LogP contribution in [0, 0.1) is 0 Å². The van der Waals surface area contributed by atoms with Crippen molar-refractivity contribution in [3.05, 3.63) is 18.2 Å². The smallest absolute Gasteiger partial charge is 0.335 e. The molecule has 2 amide bonds. The number of hydrogen-bond donors (Lipinski definition) is 2.